The zero-order valence-corrected chi connectivity index (χ0v) is 16.8. The lowest BCUT2D eigenvalue weighted by Crippen LogP contribution is -2.18. The van der Waals surface area contributed by atoms with Crippen LogP contribution in [0.15, 0.2) is 30.9 Å². The molecule has 136 valence electrons. The Morgan fingerprint density at radius 3 is 2.65 bits per heavy atom. The molecule has 4 nitrogen and oxygen atoms in total. The highest BCUT2D eigenvalue weighted by Gasteiger charge is 2.21. The molecule has 0 aliphatic heterocycles. The summed E-state index contributed by atoms with van der Waals surface area (Å²) in [6.07, 6.45) is 1.82. The minimum absolute atomic E-state index is 0.125. The number of nitrogens with one attached hydrogen (secondary N) is 1. The lowest BCUT2D eigenvalue weighted by molar-refractivity contribution is 0.101. The summed E-state index contributed by atoms with van der Waals surface area (Å²) in [5.41, 5.74) is 4.95. The normalized spacial score (nSPS) is 11.3. The molecule has 0 aliphatic rings. The van der Waals surface area contributed by atoms with E-state index >= 15 is 0 Å². The van der Waals surface area contributed by atoms with E-state index in [1.807, 2.05) is 31.4 Å². The summed E-state index contributed by atoms with van der Waals surface area (Å²) in [5, 5.41) is 4.73. The van der Waals surface area contributed by atoms with Crippen LogP contribution in [-0.4, -0.2) is 15.5 Å². The fourth-order valence-corrected chi connectivity index (χ4v) is 4.00. The van der Waals surface area contributed by atoms with E-state index in [4.69, 9.17) is 0 Å². The Hall–Kier alpha value is -2.40. The predicted octanol–water partition coefficient (Wildman–Crippen LogP) is 5.58. The average molecular weight is 368 g/mol. The summed E-state index contributed by atoms with van der Waals surface area (Å²) in [6, 6.07) is 6.44. The van der Waals surface area contributed by atoms with E-state index in [0.29, 0.717) is 23.3 Å². The zero-order chi connectivity index (χ0) is 19.0. The number of carbonyl (C=O) groups is 1. The van der Waals surface area contributed by atoms with Crippen LogP contribution in [0.25, 0.3) is 10.9 Å². The first-order valence-corrected chi connectivity index (χ1v) is 9.64. The average Bonchev–Trinajstić information content (AvgIpc) is 3.04. The molecular formula is C21H25N3OS. The van der Waals surface area contributed by atoms with Gasteiger partial charge in [-0.2, -0.15) is 0 Å². The van der Waals surface area contributed by atoms with E-state index in [-0.39, 0.29) is 5.91 Å². The standard InChI is InChI=1S/C21H25N3OS/c1-7-10-24-18-9-8-16(12(2)3)11-17(18)13(4)19(24)20(25)23-21-22-14(5)15(6)26-21/h7-9,11-12H,1,10H2,2-6H3,(H,22,23,25). The Morgan fingerprint density at radius 2 is 2.08 bits per heavy atom. The molecular weight excluding hydrogens is 342 g/mol. The summed E-state index contributed by atoms with van der Waals surface area (Å²) in [7, 11) is 0. The maximum Gasteiger partial charge on any atom is 0.274 e. The summed E-state index contributed by atoms with van der Waals surface area (Å²) >= 11 is 1.50. The van der Waals surface area contributed by atoms with Gasteiger partial charge in [0, 0.05) is 22.3 Å². The van der Waals surface area contributed by atoms with E-state index in [0.717, 1.165) is 27.0 Å². The second-order valence-electron chi connectivity index (χ2n) is 6.92. The number of fused-ring (bicyclic) bond motifs is 1. The number of carbonyl (C=O) groups excluding carboxylic acids is 1. The molecule has 3 rings (SSSR count). The lowest BCUT2D eigenvalue weighted by atomic mass is 10.0. The molecule has 1 N–H and O–H groups in total. The van der Waals surface area contributed by atoms with Gasteiger partial charge in [0.05, 0.1) is 5.69 Å². The summed E-state index contributed by atoms with van der Waals surface area (Å²) in [5.74, 6) is 0.320. The molecule has 1 amide bonds. The van der Waals surface area contributed by atoms with Crippen LogP contribution in [0.3, 0.4) is 0 Å². The predicted molar refractivity (Wildman–Crippen MR) is 111 cm³/mol. The lowest BCUT2D eigenvalue weighted by Gasteiger charge is -2.09. The Kier molecular flexibility index (Phi) is 5.01. The van der Waals surface area contributed by atoms with Crippen LogP contribution in [0, 0.1) is 20.8 Å². The maximum atomic E-state index is 13.0. The smallest absolute Gasteiger partial charge is 0.274 e. The van der Waals surface area contributed by atoms with Crippen LogP contribution in [0.5, 0.6) is 0 Å². The monoisotopic (exact) mass is 367 g/mol. The Labute approximate surface area is 158 Å². The number of allylic oxidation sites excluding steroid dienone is 1. The highest BCUT2D eigenvalue weighted by atomic mass is 32.1. The van der Waals surface area contributed by atoms with Gasteiger partial charge in [-0.3, -0.25) is 10.1 Å². The third-order valence-electron chi connectivity index (χ3n) is 4.78. The molecule has 0 aliphatic carbocycles. The van der Waals surface area contributed by atoms with Crippen molar-refractivity contribution in [1.29, 1.82) is 0 Å². The molecule has 2 aromatic heterocycles. The molecule has 0 fully saturated rings. The third-order valence-corrected chi connectivity index (χ3v) is 5.77. The van der Waals surface area contributed by atoms with Crippen LogP contribution in [0.1, 0.15) is 52.0 Å². The Balaban J connectivity index is 2.10. The van der Waals surface area contributed by atoms with Crippen LogP contribution in [0.4, 0.5) is 5.13 Å². The molecule has 2 heterocycles. The van der Waals surface area contributed by atoms with Crippen LogP contribution >= 0.6 is 11.3 Å². The highest BCUT2D eigenvalue weighted by molar-refractivity contribution is 7.15. The maximum absolute atomic E-state index is 13.0. The molecule has 26 heavy (non-hydrogen) atoms. The molecule has 0 saturated heterocycles. The van der Waals surface area contributed by atoms with Crippen molar-refractivity contribution < 1.29 is 4.79 Å². The van der Waals surface area contributed by atoms with Gasteiger partial charge in [0.25, 0.3) is 5.91 Å². The minimum Gasteiger partial charge on any atom is -0.332 e. The van der Waals surface area contributed by atoms with Crippen molar-refractivity contribution >= 4 is 33.3 Å². The van der Waals surface area contributed by atoms with Crippen molar-refractivity contribution in [3.8, 4) is 0 Å². The molecule has 0 radical (unpaired) electrons. The van der Waals surface area contributed by atoms with Gasteiger partial charge in [0.15, 0.2) is 5.13 Å². The van der Waals surface area contributed by atoms with Gasteiger partial charge in [0.1, 0.15) is 5.69 Å². The van der Waals surface area contributed by atoms with E-state index in [1.54, 1.807) is 0 Å². The van der Waals surface area contributed by atoms with E-state index in [9.17, 15) is 4.79 Å². The van der Waals surface area contributed by atoms with Crippen molar-refractivity contribution in [2.45, 2.75) is 47.1 Å². The number of aryl methyl sites for hydroxylation is 3. The van der Waals surface area contributed by atoms with Crippen LogP contribution < -0.4 is 5.32 Å². The summed E-state index contributed by atoms with van der Waals surface area (Å²) < 4.78 is 2.03. The van der Waals surface area contributed by atoms with Crippen molar-refractivity contribution in [2.24, 2.45) is 0 Å². The fourth-order valence-electron chi connectivity index (χ4n) is 3.19. The Bertz CT molecular complexity index is 975. The number of rotatable bonds is 5. The molecule has 0 unspecified atom stereocenters. The van der Waals surface area contributed by atoms with Crippen molar-refractivity contribution in [2.75, 3.05) is 5.32 Å². The van der Waals surface area contributed by atoms with E-state index in [2.05, 4.69) is 48.9 Å². The first-order chi connectivity index (χ1) is 12.3. The first kappa shape index (κ1) is 18.4. The molecule has 0 atom stereocenters. The number of amides is 1. The largest absolute Gasteiger partial charge is 0.332 e. The number of hydrogen-bond donors (Lipinski definition) is 1. The van der Waals surface area contributed by atoms with Gasteiger partial charge in [-0.15, -0.1) is 17.9 Å². The Morgan fingerprint density at radius 1 is 1.35 bits per heavy atom. The van der Waals surface area contributed by atoms with Crippen molar-refractivity contribution in [3.05, 3.63) is 58.2 Å². The number of nitrogens with zero attached hydrogens (tertiary/aromatic N) is 2. The number of anilines is 1. The summed E-state index contributed by atoms with van der Waals surface area (Å²) in [6.45, 7) is 14.8. The van der Waals surface area contributed by atoms with Gasteiger partial charge in [-0.1, -0.05) is 26.0 Å². The zero-order valence-electron chi connectivity index (χ0n) is 16.0. The molecule has 5 heteroatoms. The van der Waals surface area contributed by atoms with Gasteiger partial charge in [-0.05, 0) is 49.9 Å². The topological polar surface area (TPSA) is 46.9 Å². The number of benzene rings is 1. The molecule has 0 bridgehead atoms. The quantitative estimate of drug-likeness (QED) is 0.598. The molecule has 1 aromatic carbocycles. The second kappa shape index (κ2) is 7.08. The van der Waals surface area contributed by atoms with Gasteiger partial charge in [0.2, 0.25) is 0 Å². The SMILES string of the molecule is C=CCn1c(C(=O)Nc2nc(C)c(C)s2)c(C)c2cc(C(C)C)ccc21. The minimum atomic E-state index is -0.125. The van der Waals surface area contributed by atoms with Crippen molar-refractivity contribution in [1.82, 2.24) is 9.55 Å². The van der Waals surface area contributed by atoms with Gasteiger partial charge >= 0.3 is 0 Å². The van der Waals surface area contributed by atoms with E-state index in [1.165, 1.54) is 16.9 Å². The van der Waals surface area contributed by atoms with Crippen molar-refractivity contribution in [3.63, 3.8) is 0 Å². The highest BCUT2D eigenvalue weighted by Crippen LogP contribution is 2.30. The first-order valence-electron chi connectivity index (χ1n) is 8.82. The molecule has 0 spiro atoms. The molecule has 0 saturated carbocycles. The van der Waals surface area contributed by atoms with Crippen LogP contribution in [0.2, 0.25) is 0 Å². The van der Waals surface area contributed by atoms with Gasteiger partial charge in [-0.25, -0.2) is 4.98 Å². The summed E-state index contributed by atoms with van der Waals surface area (Å²) in [4.78, 5) is 18.6. The number of aromatic nitrogens is 2. The number of hydrogen-bond acceptors (Lipinski definition) is 3. The number of thiazole rings is 1. The third kappa shape index (κ3) is 3.19. The second-order valence-corrected chi connectivity index (χ2v) is 8.12. The molecule has 3 aromatic rings. The fraction of sp³-hybridized carbons (Fsp3) is 0.333. The van der Waals surface area contributed by atoms with Crippen LogP contribution in [-0.2, 0) is 6.54 Å². The van der Waals surface area contributed by atoms with E-state index < -0.39 is 0 Å². The van der Waals surface area contributed by atoms with Gasteiger partial charge < -0.3 is 4.57 Å².